The Labute approximate surface area is 119 Å². The lowest BCUT2D eigenvalue weighted by Gasteiger charge is -2.16. The zero-order chi connectivity index (χ0) is 14.9. The molecule has 0 amide bonds. The van der Waals surface area contributed by atoms with Crippen LogP contribution < -0.4 is 4.90 Å². The first-order valence-corrected chi connectivity index (χ1v) is 6.67. The molecule has 7 heteroatoms. The molecule has 0 bridgehead atoms. The molecule has 0 saturated heterocycles. The second kappa shape index (κ2) is 5.56. The van der Waals surface area contributed by atoms with Crippen LogP contribution in [0.1, 0.15) is 17.9 Å². The third-order valence-corrected chi connectivity index (χ3v) is 4.21. The summed E-state index contributed by atoms with van der Waals surface area (Å²) < 4.78 is 12.9. The molecule has 0 aliphatic carbocycles. The van der Waals surface area contributed by atoms with Gasteiger partial charge in [0.2, 0.25) is 0 Å². The van der Waals surface area contributed by atoms with Crippen LogP contribution in [0.5, 0.6) is 0 Å². The van der Waals surface area contributed by atoms with E-state index >= 15 is 0 Å². The third-order valence-electron chi connectivity index (χ3n) is 2.84. The van der Waals surface area contributed by atoms with E-state index in [1.165, 1.54) is 18.2 Å². The number of thiophene rings is 1. The Balaban J connectivity index is 2.45. The van der Waals surface area contributed by atoms with Gasteiger partial charge in [0.15, 0.2) is 5.00 Å². The van der Waals surface area contributed by atoms with E-state index in [1.807, 2.05) is 0 Å². The van der Waals surface area contributed by atoms with Crippen LogP contribution in [0.25, 0.3) is 0 Å². The van der Waals surface area contributed by atoms with E-state index in [1.54, 1.807) is 31.0 Å². The Bertz CT molecular complexity index is 625. The smallest absolute Gasteiger partial charge is 0.304 e. The van der Waals surface area contributed by atoms with Crippen LogP contribution in [0, 0.1) is 15.9 Å². The van der Waals surface area contributed by atoms with E-state index in [0.29, 0.717) is 15.6 Å². The minimum absolute atomic E-state index is 0.0716. The lowest BCUT2D eigenvalue weighted by Crippen LogP contribution is -2.09. The number of halogens is 1. The molecule has 1 aromatic heterocycles. The Morgan fingerprint density at radius 1 is 1.40 bits per heavy atom. The highest BCUT2D eigenvalue weighted by Gasteiger charge is 2.24. The standard InChI is InChI=1S/C13H13FN2O3S/c1-8(17)12-7-11(16(18)19)13(20-12)15(2)10-5-3-9(14)4-6-10/h3-8,17H,1-2H3/t8-/m1/s1. The van der Waals surface area contributed by atoms with Crippen LogP contribution in [0.2, 0.25) is 0 Å². The van der Waals surface area contributed by atoms with Gasteiger partial charge in [-0.1, -0.05) is 0 Å². The van der Waals surface area contributed by atoms with E-state index in [9.17, 15) is 19.6 Å². The van der Waals surface area contributed by atoms with Gasteiger partial charge >= 0.3 is 5.69 Å². The molecule has 0 saturated carbocycles. The molecule has 0 radical (unpaired) electrons. The van der Waals surface area contributed by atoms with Crippen LogP contribution in [0.3, 0.4) is 0 Å². The van der Waals surface area contributed by atoms with Crippen LogP contribution in [0.15, 0.2) is 30.3 Å². The summed E-state index contributed by atoms with van der Waals surface area (Å²) in [4.78, 5) is 12.7. The molecule has 1 aromatic carbocycles. The molecule has 106 valence electrons. The second-order valence-electron chi connectivity index (χ2n) is 4.31. The maximum Gasteiger partial charge on any atom is 0.304 e. The number of hydrogen-bond donors (Lipinski definition) is 1. The predicted molar refractivity (Wildman–Crippen MR) is 76.1 cm³/mol. The first-order valence-electron chi connectivity index (χ1n) is 5.85. The summed E-state index contributed by atoms with van der Waals surface area (Å²) in [7, 11) is 1.66. The second-order valence-corrected chi connectivity index (χ2v) is 5.37. The van der Waals surface area contributed by atoms with E-state index in [2.05, 4.69) is 0 Å². The van der Waals surface area contributed by atoms with Gasteiger partial charge in [-0.2, -0.15) is 0 Å². The fraction of sp³-hybridized carbons (Fsp3) is 0.231. The Hall–Kier alpha value is -1.99. The zero-order valence-corrected chi connectivity index (χ0v) is 11.7. The molecule has 0 fully saturated rings. The number of rotatable bonds is 4. The average Bonchev–Trinajstić information content (AvgIpc) is 2.84. The lowest BCUT2D eigenvalue weighted by molar-refractivity contribution is -0.383. The summed E-state index contributed by atoms with van der Waals surface area (Å²) in [6.45, 7) is 1.55. The van der Waals surface area contributed by atoms with Crippen molar-refractivity contribution in [2.75, 3.05) is 11.9 Å². The van der Waals surface area contributed by atoms with Crippen molar-refractivity contribution in [3.05, 3.63) is 51.1 Å². The third kappa shape index (κ3) is 2.78. The van der Waals surface area contributed by atoms with E-state index in [4.69, 9.17) is 0 Å². The first-order chi connectivity index (χ1) is 9.40. The van der Waals surface area contributed by atoms with Crippen molar-refractivity contribution in [3.8, 4) is 0 Å². The van der Waals surface area contributed by atoms with Crippen molar-refractivity contribution in [1.82, 2.24) is 0 Å². The van der Waals surface area contributed by atoms with Gasteiger partial charge in [0.25, 0.3) is 0 Å². The average molecular weight is 296 g/mol. The largest absolute Gasteiger partial charge is 0.388 e. The molecule has 2 aromatic rings. The Morgan fingerprint density at radius 2 is 2.00 bits per heavy atom. The Kier molecular flexibility index (Phi) is 4.01. The molecule has 0 aliphatic heterocycles. The summed E-state index contributed by atoms with van der Waals surface area (Å²) in [6.07, 6.45) is -0.769. The quantitative estimate of drug-likeness (QED) is 0.691. The normalized spacial score (nSPS) is 12.2. The molecule has 5 nitrogen and oxygen atoms in total. The molecule has 0 aliphatic rings. The summed E-state index contributed by atoms with van der Waals surface area (Å²) >= 11 is 1.14. The van der Waals surface area contributed by atoms with Crippen LogP contribution in [0.4, 0.5) is 20.8 Å². The molecule has 2 rings (SSSR count). The van der Waals surface area contributed by atoms with E-state index < -0.39 is 11.0 Å². The molecule has 20 heavy (non-hydrogen) atoms. The molecular formula is C13H13FN2O3S. The van der Waals surface area contributed by atoms with Crippen molar-refractivity contribution >= 4 is 27.7 Å². The SMILES string of the molecule is C[C@@H](O)c1cc([N+](=O)[O-])c(N(C)c2ccc(F)cc2)s1. The molecule has 1 atom stereocenters. The van der Waals surface area contributed by atoms with Crippen LogP contribution in [-0.2, 0) is 0 Å². The number of hydrogen-bond acceptors (Lipinski definition) is 5. The molecule has 0 spiro atoms. The van der Waals surface area contributed by atoms with Gasteiger partial charge in [-0.15, -0.1) is 11.3 Å². The van der Waals surface area contributed by atoms with Crippen molar-refractivity contribution in [1.29, 1.82) is 0 Å². The molecule has 0 unspecified atom stereocenters. The number of aliphatic hydroxyl groups is 1. The highest BCUT2D eigenvalue weighted by atomic mass is 32.1. The molecular weight excluding hydrogens is 283 g/mol. The number of anilines is 2. The lowest BCUT2D eigenvalue weighted by atomic mass is 10.3. The van der Waals surface area contributed by atoms with Crippen molar-refractivity contribution in [2.45, 2.75) is 13.0 Å². The van der Waals surface area contributed by atoms with Gasteiger partial charge < -0.3 is 10.0 Å². The summed E-state index contributed by atoms with van der Waals surface area (Å²) in [5, 5.41) is 21.0. The zero-order valence-electron chi connectivity index (χ0n) is 10.9. The minimum Gasteiger partial charge on any atom is -0.388 e. The van der Waals surface area contributed by atoms with Crippen LogP contribution in [-0.4, -0.2) is 17.1 Å². The highest BCUT2D eigenvalue weighted by molar-refractivity contribution is 7.16. The van der Waals surface area contributed by atoms with Gasteiger partial charge in [-0.3, -0.25) is 10.1 Å². The monoisotopic (exact) mass is 296 g/mol. The van der Waals surface area contributed by atoms with Crippen molar-refractivity contribution in [2.24, 2.45) is 0 Å². The summed E-state index contributed by atoms with van der Waals surface area (Å²) in [5.74, 6) is -0.368. The highest BCUT2D eigenvalue weighted by Crippen LogP contribution is 2.42. The fourth-order valence-corrected chi connectivity index (χ4v) is 2.79. The van der Waals surface area contributed by atoms with E-state index in [0.717, 1.165) is 11.3 Å². The molecule has 1 N–H and O–H groups in total. The van der Waals surface area contributed by atoms with Gasteiger partial charge in [-0.25, -0.2) is 4.39 Å². The van der Waals surface area contributed by atoms with Crippen molar-refractivity contribution in [3.63, 3.8) is 0 Å². The number of aliphatic hydroxyl groups excluding tert-OH is 1. The molecule has 1 heterocycles. The maximum atomic E-state index is 12.9. The van der Waals surface area contributed by atoms with Gasteiger partial charge in [0, 0.05) is 23.7 Å². The van der Waals surface area contributed by atoms with Crippen LogP contribution >= 0.6 is 11.3 Å². The van der Waals surface area contributed by atoms with Gasteiger partial charge in [0.1, 0.15) is 5.82 Å². The maximum absolute atomic E-state index is 12.9. The summed E-state index contributed by atoms with van der Waals surface area (Å²) in [6, 6.07) is 7.04. The van der Waals surface area contributed by atoms with Gasteiger partial charge in [0.05, 0.1) is 11.0 Å². The predicted octanol–water partition coefficient (Wildman–Crippen LogP) is 3.62. The number of benzene rings is 1. The first kappa shape index (κ1) is 14.4. The van der Waals surface area contributed by atoms with Crippen molar-refractivity contribution < 1.29 is 14.4 Å². The minimum atomic E-state index is -0.769. The fourth-order valence-electron chi connectivity index (χ4n) is 1.75. The number of nitrogens with zero attached hydrogens (tertiary/aromatic N) is 2. The topological polar surface area (TPSA) is 66.6 Å². The van der Waals surface area contributed by atoms with Gasteiger partial charge in [-0.05, 0) is 31.2 Å². The summed E-state index contributed by atoms with van der Waals surface area (Å²) in [5.41, 5.74) is 0.561. The number of nitro groups is 1. The Morgan fingerprint density at radius 3 is 2.50 bits per heavy atom. The van der Waals surface area contributed by atoms with E-state index in [-0.39, 0.29) is 11.5 Å².